The molecule has 10 heteroatoms. The highest BCUT2D eigenvalue weighted by Crippen LogP contribution is 2.25. The largest absolute Gasteiger partial charge is 0.467 e. The van der Waals surface area contributed by atoms with Crippen molar-refractivity contribution in [2.24, 2.45) is 0 Å². The summed E-state index contributed by atoms with van der Waals surface area (Å²) in [5, 5.41) is 0. The zero-order valence-electron chi connectivity index (χ0n) is 15.7. The smallest absolute Gasteiger partial charge is 0.324 e. The predicted octanol–water partition coefficient (Wildman–Crippen LogP) is 0.460. The molecule has 3 rings (SSSR count). The van der Waals surface area contributed by atoms with Crippen LogP contribution >= 0.6 is 0 Å². The number of likely N-dealkylation sites (N-methyl/N-ethyl adjacent to an activating group) is 1. The third-order valence-corrected chi connectivity index (χ3v) is 4.33. The van der Waals surface area contributed by atoms with Crippen molar-refractivity contribution in [1.29, 1.82) is 0 Å². The van der Waals surface area contributed by atoms with Gasteiger partial charge in [-0.3, -0.25) is 0 Å². The summed E-state index contributed by atoms with van der Waals surface area (Å²) < 4.78 is 10.3. The van der Waals surface area contributed by atoms with Gasteiger partial charge in [-0.25, -0.2) is 4.98 Å². The van der Waals surface area contributed by atoms with Crippen molar-refractivity contribution in [2.75, 3.05) is 63.2 Å². The summed E-state index contributed by atoms with van der Waals surface area (Å²) in [7, 11) is 8.95. The van der Waals surface area contributed by atoms with Crippen LogP contribution < -0.4 is 24.2 Å². The summed E-state index contributed by atoms with van der Waals surface area (Å²) in [6, 6.07) is 2.70. The van der Waals surface area contributed by atoms with E-state index in [0.717, 1.165) is 25.3 Å². The van der Waals surface area contributed by atoms with Crippen LogP contribution in [0.3, 0.4) is 0 Å². The number of ether oxygens (including phenoxy) is 2. The molecule has 0 aromatic carbocycles. The van der Waals surface area contributed by atoms with Crippen LogP contribution in [0.2, 0.25) is 0 Å². The molecule has 0 saturated carbocycles. The molecule has 1 unspecified atom stereocenters. The van der Waals surface area contributed by atoms with Crippen LogP contribution in [0.25, 0.3) is 0 Å². The molecule has 0 bridgehead atoms. The summed E-state index contributed by atoms with van der Waals surface area (Å²) in [5.41, 5.74) is 0. The SMILES string of the molecule is COc1nc(OC)nc(N2CCC(N(C)c3ccnc(N(C)C)n3)C2)n1. The van der Waals surface area contributed by atoms with Gasteiger partial charge in [0.1, 0.15) is 5.82 Å². The molecule has 1 saturated heterocycles. The van der Waals surface area contributed by atoms with Gasteiger partial charge in [0.25, 0.3) is 0 Å². The minimum atomic E-state index is 0.245. The van der Waals surface area contributed by atoms with Crippen molar-refractivity contribution in [2.45, 2.75) is 12.5 Å². The van der Waals surface area contributed by atoms with Crippen LogP contribution in [-0.4, -0.2) is 79.4 Å². The Balaban J connectivity index is 1.75. The first-order valence-corrected chi connectivity index (χ1v) is 8.34. The predicted molar refractivity (Wildman–Crippen MR) is 98.3 cm³/mol. The third-order valence-electron chi connectivity index (χ3n) is 4.33. The molecule has 1 aliphatic rings. The van der Waals surface area contributed by atoms with Crippen molar-refractivity contribution < 1.29 is 9.47 Å². The van der Waals surface area contributed by atoms with Crippen LogP contribution in [0.1, 0.15) is 6.42 Å². The van der Waals surface area contributed by atoms with E-state index in [0.29, 0.717) is 11.9 Å². The highest BCUT2D eigenvalue weighted by molar-refractivity contribution is 5.45. The standard InChI is InChI=1S/C16H24N8O2/c1-22(2)13-17-8-6-12(18-13)23(3)11-7-9-24(10-11)14-19-15(25-4)21-16(20-14)26-5/h6,8,11H,7,9-10H2,1-5H3. The monoisotopic (exact) mass is 360 g/mol. The molecule has 3 heterocycles. The highest BCUT2D eigenvalue weighted by Gasteiger charge is 2.29. The molecule has 140 valence electrons. The maximum absolute atomic E-state index is 5.14. The van der Waals surface area contributed by atoms with Crippen LogP contribution in [-0.2, 0) is 0 Å². The van der Waals surface area contributed by atoms with Gasteiger partial charge in [-0.1, -0.05) is 0 Å². The number of aromatic nitrogens is 5. The first-order chi connectivity index (χ1) is 12.5. The van der Waals surface area contributed by atoms with E-state index < -0.39 is 0 Å². The lowest BCUT2D eigenvalue weighted by Gasteiger charge is -2.26. The van der Waals surface area contributed by atoms with Crippen molar-refractivity contribution >= 4 is 17.7 Å². The van der Waals surface area contributed by atoms with E-state index >= 15 is 0 Å². The molecular formula is C16H24N8O2. The number of methoxy groups -OCH3 is 2. The van der Waals surface area contributed by atoms with Gasteiger partial charge in [-0.15, -0.1) is 4.98 Å². The van der Waals surface area contributed by atoms with Gasteiger partial charge in [0.05, 0.1) is 14.2 Å². The molecular weight excluding hydrogens is 336 g/mol. The summed E-state index contributed by atoms with van der Waals surface area (Å²) in [6.45, 7) is 1.60. The van der Waals surface area contributed by atoms with Crippen LogP contribution in [0, 0.1) is 0 Å². The Morgan fingerprint density at radius 2 is 1.73 bits per heavy atom. The Bertz CT molecular complexity index is 735. The Morgan fingerprint density at radius 1 is 1.04 bits per heavy atom. The van der Waals surface area contributed by atoms with Gasteiger partial charge in [0.15, 0.2) is 0 Å². The molecule has 2 aromatic heterocycles. The average Bonchev–Trinajstić information content (AvgIpc) is 3.17. The molecule has 26 heavy (non-hydrogen) atoms. The normalized spacial score (nSPS) is 16.5. The summed E-state index contributed by atoms with van der Waals surface area (Å²) in [5.74, 6) is 2.14. The van der Waals surface area contributed by atoms with Gasteiger partial charge in [-0.2, -0.15) is 15.0 Å². The molecule has 0 N–H and O–H groups in total. The fourth-order valence-corrected chi connectivity index (χ4v) is 2.83. The fraction of sp³-hybridized carbons (Fsp3) is 0.562. The van der Waals surface area contributed by atoms with Crippen molar-refractivity contribution in [1.82, 2.24) is 24.9 Å². The summed E-state index contributed by atoms with van der Waals surface area (Å²) in [4.78, 5) is 27.8. The van der Waals surface area contributed by atoms with Crippen LogP contribution in [0.15, 0.2) is 12.3 Å². The zero-order valence-corrected chi connectivity index (χ0v) is 15.7. The molecule has 1 aliphatic heterocycles. The molecule has 0 aliphatic carbocycles. The van der Waals surface area contributed by atoms with E-state index in [1.165, 1.54) is 14.2 Å². The Hall–Kier alpha value is -2.91. The number of rotatable bonds is 6. The number of nitrogens with zero attached hydrogens (tertiary/aromatic N) is 8. The first kappa shape index (κ1) is 17.9. The van der Waals surface area contributed by atoms with E-state index in [2.05, 4.69) is 34.7 Å². The van der Waals surface area contributed by atoms with Crippen LogP contribution in [0.5, 0.6) is 12.0 Å². The van der Waals surface area contributed by atoms with Gasteiger partial charge >= 0.3 is 12.0 Å². The second-order valence-electron chi connectivity index (χ2n) is 6.22. The van der Waals surface area contributed by atoms with Gasteiger partial charge in [-0.05, 0) is 12.5 Å². The second-order valence-corrected chi connectivity index (χ2v) is 6.22. The first-order valence-electron chi connectivity index (χ1n) is 8.34. The van der Waals surface area contributed by atoms with E-state index in [-0.39, 0.29) is 18.1 Å². The number of hydrogen-bond acceptors (Lipinski definition) is 10. The zero-order chi connectivity index (χ0) is 18.7. The minimum Gasteiger partial charge on any atom is -0.467 e. The van der Waals surface area contributed by atoms with E-state index in [1.807, 2.05) is 32.1 Å². The summed E-state index contributed by atoms with van der Waals surface area (Å²) in [6.07, 6.45) is 2.75. The maximum Gasteiger partial charge on any atom is 0.324 e. The molecule has 1 atom stereocenters. The van der Waals surface area contributed by atoms with Gasteiger partial charge in [0, 0.05) is 46.5 Å². The minimum absolute atomic E-state index is 0.245. The molecule has 1 fully saturated rings. The molecule has 0 amide bonds. The van der Waals surface area contributed by atoms with Crippen molar-refractivity contribution in [3.05, 3.63) is 12.3 Å². The average molecular weight is 360 g/mol. The molecule has 0 radical (unpaired) electrons. The van der Waals surface area contributed by atoms with Crippen molar-refractivity contribution in [3.8, 4) is 12.0 Å². The van der Waals surface area contributed by atoms with Crippen molar-refractivity contribution in [3.63, 3.8) is 0 Å². The number of hydrogen-bond donors (Lipinski definition) is 0. The second kappa shape index (κ2) is 7.54. The number of anilines is 3. The molecule has 0 spiro atoms. The highest BCUT2D eigenvalue weighted by atomic mass is 16.5. The van der Waals surface area contributed by atoms with E-state index in [9.17, 15) is 0 Å². The Morgan fingerprint density at radius 3 is 2.35 bits per heavy atom. The van der Waals surface area contributed by atoms with E-state index in [4.69, 9.17) is 9.47 Å². The fourth-order valence-electron chi connectivity index (χ4n) is 2.83. The maximum atomic E-state index is 5.14. The van der Waals surface area contributed by atoms with Gasteiger partial charge < -0.3 is 24.2 Å². The lowest BCUT2D eigenvalue weighted by molar-refractivity contribution is 0.340. The summed E-state index contributed by atoms with van der Waals surface area (Å²) >= 11 is 0. The third kappa shape index (κ3) is 3.68. The van der Waals surface area contributed by atoms with Crippen LogP contribution in [0.4, 0.5) is 17.7 Å². The lowest BCUT2D eigenvalue weighted by atomic mass is 10.2. The lowest BCUT2D eigenvalue weighted by Crippen LogP contribution is -2.35. The quantitative estimate of drug-likeness (QED) is 0.723. The molecule has 2 aromatic rings. The van der Waals surface area contributed by atoms with E-state index in [1.54, 1.807) is 6.20 Å². The topological polar surface area (TPSA) is 92.6 Å². The van der Waals surface area contributed by atoms with Gasteiger partial charge in [0.2, 0.25) is 11.9 Å². The Kier molecular flexibility index (Phi) is 5.19. The Labute approximate surface area is 152 Å². The molecule has 10 nitrogen and oxygen atoms in total.